The maximum absolute atomic E-state index is 12.9. The molecule has 3 rings (SSSR count). The molecular weight excluding hydrogens is 410 g/mol. The van der Waals surface area contributed by atoms with Gasteiger partial charge in [0, 0.05) is 44.3 Å². The van der Waals surface area contributed by atoms with Gasteiger partial charge in [0.05, 0.1) is 4.90 Å². The van der Waals surface area contributed by atoms with Crippen LogP contribution in [0.1, 0.15) is 32.1 Å². The standard InChI is InChI=1S/C17H26ClN3O4S2/c1-19(16-5-3-2-4-6-16)27(24,25)21-13-11-20(12-14-21)26(22,23)17-9-7-15(18)8-10-17/h7-10,16H,2-6,11-14H2,1H3. The zero-order valence-corrected chi connectivity index (χ0v) is 17.8. The molecule has 1 aliphatic heterocycles. The van der Waals surface area contributed by atoms with E-state index < -0.39 is 20.2 Å². The number of sulfonamides is 1. The Morgan fingerprint density at radius 1 is 0.889 bits per heavy atom. The molecule has 0 bridgehead atoms. The van der Waals surface area contributed by atoms with Gasteiger partial charge in [-0.25, -0.2) is 8.42 Å². The highest BCUT2D eigenvalue weighted by Gasteiger charge is 2.37. The van der Waals surface area contributed by atoms with Crippen molar-refractivity contribution in [2.45, 2.75) is 43.0 Å². The van der Waals surface area contributed by atoms with Crippen molar-refractivity contribution in [3.05, 3.63) is 29.3 Å². The van der Waals surface area contributed by atoms with Crippen LogP contribution in [0.4, 0.5) is 0 Å². The first-order chi connectivity index (χ1) is 12.7. The predicted molar refractivity (Wildman–Crippen MR) is 105 cm³/mol. The zero-order valence-electron chi connectivity index (χ0n) is 15.4. The molecule has 7 nitrogen and oxygen atoms in total. The molecule has 0 radical (unpaired) electrons. The number of benzene rings is 1. The lowest BCUT2D eigenvalue weighted by Gasteiger charge is -2.38. The first-order valence-corrected chi connectivity index (χ1v) is 12.4. The Balaban J connectivity index is 1.66. The van der Waals surface area contributed by atoms with Crippen LogP contribution in [-0.2, 0) is 20.2 Å². The van der Waals surface area contributed by atoms with Crippen LogP contribution in [0.3, 0.4) is 0 Å². The average Bonchev–Trinajstić information content (AvgIpc) is 2.68. The monoisotopic (exact) mass is 435 g/mol. The minimum atomic E-state index is -3.65. The summed E-state index contributed by atoms with van der Waals surface area (Å²) in [4.78, 5) is 0.169. The van der Waals surface area contributed by atoms with Crippen molar-refractivity contribution in [3.63, 3.8) is 0 Å². The van der Waals surface area contributed by atoms with E-state index in [9.17, 15) is 16.8 Å². The molecule has 1 aliphatic carbocycles. The largest absolute Gasteiger partial charge is 0.282 e. The van der Waals surface area contributed by atoms with E-state index in [1.54, 1.807) is 7.05 Å². The molecule has 0 unspecified atom stereocenters. The van der Waals surface area contributed by atoms with Crippen molar-refractivity contribution in [3.8, 4) is 0 Å². The van der Waals surface area contributed by atoms with Crippen molar-refractivity contribution in [2.24, 2.45) is 0 Å². The normalized spacial score (nSPS) is 21.6. The maximum atomic E-state index is 12.9. The fourth-order valence-electron chi connectivity index (χ4n) is 3.71. The second kappa shape index (κ2) is 8.34. The zero-order chi connectivity index (χ0) is 19.7. The molecule has 1 aromatic rings. The second-order valence-electron chi connectivity index (χ2n) is 7.07. The molecule has 27 heavy (non-hydrogen) atoms. The molecule has 0 spiro atoms. The van der Waals surface area contributed by atoms with Gasteiger partial charge in [-0.15, -0.1) is 0 Å². The summed E-state index contributed by atoms with van der Waals surface area (Å²) in [7, 11) is -5.58. The summed E-state index contributed by atoms with van der Waals surface area (Å²) in [6.45, 7) is 0.601. The molecule has 152 valence electrons. The highest BCUT2D eigenvalue weighted by atomic mass is 35.5. The van der Waals surface area contributed by atoms with Crippen molar-refractivity contribution in [2.75, 3.05) is 33.2 Å². The molecular formula is C17H26ClN3O4S2. The van der Waals surface area contributed by atoms with Gasteiger partial charge in [0.2, 0.25) is 10.0 Å². The molecule has 2 aliphatic rings. The lowest BCUT2D eigenvalue weighted by Crippen LogP contribution is -2.55. The molecule has 0 atom stereocenters. The smallest absolute Gasteiger partial charge is 0.207 e. The number of piperazine rings is 1. The fraction of sp³-hybridized carbons (Fsp3) is 0.647. The Kier molecular flexibility index (Phi) is 6.49. The average molecular weight is 436 g/mol. The van der Waals surface area contributed by atoms with Crippen molar-refractivity contribution >= 4 is 31.8 Å². The lowest BCUT2D eigenvalue weighted by molar-refractivity contribution is 0.231. The van der Waals surface area contributed by atoms with Gasteiger partial charge in [0.25, 0.3) is 10.2 Å². The van der Waals surface area contributed by atoms with E-state index in [1.165, 1.54) is 37.2 Å². The molecule has 1 aromatic carbocycles. The van der Waals surface area contributed by atoms with Gasteiger partial charge in [-0.2, -0.15) is 21.3 Å². The van der Waals surface area contributed by atoms with Gasteiger partial charge in [0.15, 0.2) is 0 Å². The van der Waals surface area contributed by atoms with Crippen LogP contribution in [0.2, 0.25) is 5.02 Å². The number of hydrogen-bond donors (Lipinski definition) is 0. The minimum absolute atomic E-state index is 0.0413. The summed E-state index contributed by atoms with van der Waals surface area (Å²) in [5.41, 5.74) is 0. The van der Waals surface area contributed by atoms with E-state index in [-0.39, 0.29) is 37.1 Å². The van der Waals surface area contributed by atoms with Crippen LogP contribution in [0.5, 0.6) is 0 Å². The summed E-state index contributed by atoms with van der Waals surface area (Å²) < 4.78 is 55.5. The van der Waals surface area contributed by atoms with Gasteiger partial charge in [-0.05, 0) is 37.1 Å². The molecule has 0 aromatic heterocycles. The molecule has 0 amide bonds. The summed E-state index contributed by atoms with van der Waals surface area (Å²) >= 11 is 5.82. The third kappa shape index (κ3) is 4.49. The first-order valence-electron chi connectivity index (χ1n) is 9.22. The molecule has 2 fully saturated rings. The van der Waals surface area contributed by atoms with Crippen LogP contribution in [0.15, 0.2) is 29.2 Å². The summed E-state index contributed by atoms with van der Waals surface area (Å²) in [5.74, 6) is 0. The van der Waals surface area contributed by atoms with Gasteiger partial charge in [-0.3, -0.25) is 0 Å². The number of rotatable bonds is 5. The van der Waals surface area contributed by atoms with Crippen LogP contribution < -0.4 is 0 Å². The van der Waals surface area contributed by atoms with Crippen LogP contribution in [-0.4, -0.2) is 69.0 Å². The van der Waals surface area contributed by atoms with Crippen molar-refractivity contribution in [1.82, 2.24) is 12.9 Å². The summed E-state index contributed by atoms with van der Waals surface area (Å²) in [5, 5.41) is 0.468. The van der Waals surface area contributed by atoms with E-state index in [0.29, 0.717) is 5.02 Å². The SMILES string of the molecule is CN(C1CCCCC1)S(=O)(=O)N1CCN(S(=O)(=O)c2ccc(Cl)cc2)CC1. The third-order valence-corrected chi connectivity index (χ3v) is 9.64. The number of halogens is 1. The second-order valence-corrected chi connectivity index (χ2v) is 11.4. The highest BCUT2D eigenvalue weighted by molar-refractivity contribution is 7.89. The van der Waals surface area contributed by atoms with E-state index in [2.05, 4.69) is 0 Å². The third-order valence-electron chi connectivity index (χ3n) is 5.43. The van der Waals surface area contributed by atoms with Gasteiger partial charge < -0.3 is 0 Å². The molecule has 1 heterocycles. The molecule has 10 heteroatoms. The summed E-state index contributed by atoms with van der Waals surface area (Å²) in [6.07, 6.45) is 5.04. The van der Waals surface area contributed by atoms with Gasteiger partial charge in [-0.1, -0.05) is 30.9 Å². The Bertz CT molecular complexity index is 845. The van der Waals surface area contributed by atoms with Crippen LogP contribution >= 0.6 is 11.6 Å². The quantitative estimate of drug-likeness (QED) is 0.709. The van der Waals surface area contributed by atoms with Crippen molar-refractivity contribution in [1.29, 1.82) is 0 Å². The predicted octanol–water partition coefficient (Wildman–Crippen LogP) is 2.16. The maximum Gasteiger partial charge on any atom is 0.282 e. The Hall–Kier alpha value is -0.710. The molecule has 1 saturated heterocycles. The highest BCUT2D eigenvalue weighted by Crippen LogP contribution is 2.26. The molecule has 1 saturated carbocycles. The topological polar surface area (TPSA) is 78.0 Å². The van der Waals surface area contributed by atoms with E-state index in [0.717, 1.165) is 32.1 Å². The first kappa shape index (κ1) is 21.0. The Morgan fingerprint density at radius 3 is 1.96 bits per heavy atom. The van der Waals surface area contributed by atoms with Gasteiger partial charge in [0.1, 0.15) is 0 Å². The Morgan fingerprint density at radius 2 is 1.41 bits per heavy atom. The van der Waals surface area contributed by atoms with Gasteiger partial charge >= 0.3 is 0 Å². The number of hydrogen-bond acceptors (Lipinski definition) is 4. The Labute approximate surface area is 167 Å². The van der Waals surface area contributed by atoms with E-state index >= 15 is 0 Å². The fourth-order valence-corrected chi connectivity index (χ4v) is 6.84. The van der Waals surface area contributed by atoms with Crippen molar-refractivity contribution < 1.29 is 16.8 Å². The summed E-state index contributed by atoms with van der Waals surface area (Å²) in [6, 6.07) is 6.05. The molecule has 0 N–H and O–H groups in total. The van der Waals surface area contributed by atoms with Crippen LogP contribution in [0.25, 0.3) is 0 Å². The number of nitrogens with zero attached hydrogens (tertiary/aromatic N) is 3. The lowest BCUT2D eigenvalue weighted by atomic mass is 9.96. The minimum Gasteiger partial charge on any atom is -0.207 e. The van der Waals surface area contributed by atoms with Crippen LogP contribution in [0, 0.1) is 0 Å². The van der Waals surface area contributed by atoms with E-state index in [4.69, 9.17) is 11.6 Å². The van der Waals surface area contributed by atoms with E-state index in [1.807, 2.05) is 0 Å².